The van der Waals surface area contributed by atoms with Crippen molar-refractivity contribution in [3.8, 4) is 11.5 Å². The standard InChI is InChI=1S/C20H25N5S/c1-15-6-12-25(13-7-15)11-4-10-22-18-16-8-14-26-20(16)24-19(23-18)17-5-2-3-9-21-17/h2-3,5,8-9,14-15H,4,6-7,10-13H2,1H3,(H,22,23,24). The van der Waals surface area contributed by atoms with Crippen LogP contribution >= 0.6 is 11.3 Å². The first-order chi connectivity index (χ1) is 12.8. The highest BCUT2D eigenvalue weighted by atomic mass is 32.1. The fourth-order valence-electron chi connectivity index (χ4n) is 3.39. The molecule has 0 unspecified atom stereocenters. The smallest absolute Gasteiger partial charge is 0.181 e. The van der Waals surface area contributed by atoms with Gasteiger partial charge >= 0.3 is 0 Å². The first-order valence-corrected chi connectivity index (χ1v) is 10.3. The van der Waals surface area contributed by atoms with Crippen LogP contribution in [0.15, 0.2) is 35.8 Å². The summed E-state index contributed by atoms with van der Waals surface area (Å²) in [6.45, 7) is 6.93. The second kappa shape index (κ2) is 8.10. The van der Waals surface area contributed by atoms with Crippen LogP contribution in [0, 0.1) is 5.92 Å². The Kier molecular flexibility index (Phi) is 5.41. The highest BCUT2D eigenvalue weighted by molar-refractivity contribution is 7.16. The topological polar surface area (TPSA) is 53.9 Å². The number of thiophene rings is 1. The second-order valence-corrected chi connectivity index (χ2v) is 7.95. The average Bonchev–Trinajstić information content (AvgIpc) is 3.16. The lowest BCUT2D eigenvalue weighted by molar-refractivity contribution is 0.192. The molecule has 0 aliphatic carbocycles. The van der Waals surface area contributed by atoms with Gasteiger partial charge < -0.3 is 10.2 Å². The molecule has 1 N–H and O–H groups in total. The molecule has 1 aliphatic heterocycles. The summed E-state index contributed by atoms with van der Waals surface area (Å²) in [6, 6.07) is 7.93. The Hall–Kier alpha value is -2.05. The highest BCUT2D eigenvalue weighted by Gasteiger charge is 2.15. The number of piperidine rings is 1. The van der Waals surface area contributed by atoms with Gasteiger partial charge in [-0.3, -0.25) is 4.98 Å². The Labute approximate surface area is 158 Å². The van der Waals surface area contributed by atoms with E-state index in [-0.39, 0.29) is 0 Å². The van der Waals surface area contributed by atoms with E-state index in [1.807, 2.05) is 18.2 Å². The predicted octanol–water partition coefficient (Wildman–Crippen LogP) is 4.29. The Morgan fingerprint density at radius 3 is 2.88 bits per heavy atom. The fourth-order valence-corrected chi connectivity index (χ4v) is 4.16. The van der Waals surface area contributed by atoms with Gasteiger partial charge in [-0.2, -0.15) is 0 Å². The van der Waals surface area contributed by atoms with Crippen LogP contribution in [0.2, 0.25) is 0 Å². The molecular weight excluding hydrogens is 342 g/mol. The van der Waals surface area contributed by atoms with Crippen LogP contribution in [0.3, 0.4) is 0 Å². The van der Waals surface area contributed by atoms with Crippen LogP contribution in [-0.4, -0.2) is 46.0 Å². The summed E-state index contributed by atoms with van der Waals surface area (Å²) in [6.07, 6.45) is 5.58. The van der Waals surface area contributed by atoms with Gasteiger partial charge in [-0.05, 0) is 68.4 Å². The van der Waals surface area contributed by atoms with Gasteiger partial charge in [0.2, 0.25) is 0 Å². The summed E-state index contributed by atoms with van der Waals surface area (Å²) in [5, 5.41) is 6.70. The largest absolute Gasteiger partial charge is 0.369 e. The molecule has 1 aliphatic rings. The lowest BCUT2D eigenvalue weighted by Crippen LogP contribution is -2.34. The molecule has 3 aromatic rings. The monoisotopic (exact) mass is 367 g/mol. The quantitative estimate of drug-likeness (QED) is 0.659. The third kappa shape index (κ3) is 4.02. The molecule has 1 saturated heterocycles. The molecule has 3 aromatic heterocycles. The minimum Gasteiger partial charge on any atom is -0.369 e. The number of pyridine rings is 1. The minimum absolute atomic E-state index is 0.688. The predicted molar refractivity (Wildman–Crippen MR) is 109 cm³/mol. The number of rotatable bonds is 6. The zero-order valence-corrected chi connectivity index (χ0v) is 16.0. The van der Waals surface area contributed by atoms with Gasteiger partial charge in [0.05, 0.1) is 5.39 Å². The summed E-state index contributed by atoms with van der Waals surface area (Å²) >= 11 is 1.65. The van der Waals surface area contributed by atoms with Gasteiger partial charge in [-0.1, -0.05) is 13.0 Å². The van der Waals surface area contributed by atoms with Crippen molar-refractivity contribution in [3.05, 3.63) is 35.8 Å². The number of likely N-dealkylation sites (tertiary alicyclic amines) is 1. The Morgan fingerprint density at radius 1 is 1.19 bits per heavy atom. The number of anilines is 1. The van der Waals surface area contributed by atoms with E-state index >= 15 is 0 Å². The zero-order valence-electron chi connectivity index (χ0n) is 15.2. The Balaban J connectivity index is 1.42. The van der Waals surface area contributed by atoms with Crippen LogP contribution < -0.4 is 5.32 Å². The van der Waals surface area contributed by atoms with Gasteiger partial charge in [0.15, 0.2) is 5.82 Å². The van der Waals surface area contributed by atoms with Crippen molar-refractivity contribution in [1.82, 2.24) is 19.9 Å². The lowest BCUT2D eigenvalue weighted by Gasteiger charge is -2.30. The van der Waals surface area contributed by atoms with Crippen LogP contribution in [0.25, 0.3) is 21.7 Å². The number of hydrogen-bond acceptors (Lipinski definition) is 6. The summed E-state index contributed by atoms with van der Waals surface area (Å²) in [7, 11) is 0. The molecule has 26 heavy (non-hydrogen) atoms. The van der Waals surface area contributed by atoms with Gasteiger partial charge in [0.1, 0.15) is 16.3 Å². The molecule has 0 radical (unpaired) electrons. The molecular formula is C20H25N5S. The summed E-state index contributed by atoms with van der Waals surface area (Å²) in [5.74, 6) is 2.50. The van der Waals surface area contributed by atoms with Crippen molar-refractivity contribution >= 4 is 27.4 Å². The molecule has 0 atom stereocenters. The van der Waals surface area contributed by atoms with Crippen LogP contribution in [-0.2, 0) is 0 Å². The maximum Gasteiger partial charge on any atom is 0.181 e. The SMILES string of the molecule is CC1CCN(CCCNc2nc(-c3ccccn3)nc3sccc23)CC1. The van der Waals surface area contributed by atoms with Crippen molar-refractivity contribution in [1.29, 1.82) is 0 Å². The minimum atomic E-state index is 0.688. The van der Waals surface area contributed by atoms with Gasteiger partial charge in [0.25, 0.3) is 0 Å². The van der Waals surface area contributed by atoms with E-state index in [2.05, 4.69) is 38.6 Å². The molecule has 0 amide bonds. The molecule has 0 aromatic carbocycles. The summed E-state index contributed by atoms with van der Waals surface area (Å²) in [4.78, 5) is 17.4. The number of aromatic nitrogens is 3. The fraction of sp³-hybridized carbons (Fsp3) is 0.450. The van der Waals surface area contributed by atoms with Gasteiger partial charge in [-0.15, -0.1) is 11.3 Å². The van der Waals surface area contributed by atoms with E-state index in [4.69, 9.17) is 4.98 Å². The van der Waals surface area contributed by atoms with Crippen molar-refractivity contribution in [2.24, 2.45) is 5.92 Å². The summed E-state index contributed by atoms with van der Waals surface area (Å²) < 4.78 is 0. The highest BCUT2D eigenvalue weighted by Crippen LogP contribution is 2.27. The molecule has 4 rings (SSSR count). The molecule has 4 heterocycles. The first-order valence-electron chi connectivity index (χ1n) is 9.42. The van der Waals surface area contributed by atoms with E-state index in [9.17, 15) is 0 Å². The third-order valence-electron chi connectivity index (χ3n) is 5.04. The number of nitrogens with one attached hydrogen (secondary N) is 1. The van der Waals surface area contributed by atoms with Crippen LogP contribution in [0.1, 0.15) is 26.2 Å². The van der Waals surface area contributed by atoms with Crippen molar-refractivity contribution in [2.45, 2.75) is 26.2 Å². The molecule has 136 valence electrons. The van der Waals surface area contributed by atoms with Crippen LogP contribution in [0.4, 0.5) is 5.82 Å². The number of hydrogen-bond donors (Lipinski definition) is 1. The average molecular weight is 368 g/mol. The van der Waals surface area contributed by atoms with Crippen LogP contribution in [0.5, 0.6) is 0 Å². The number of fused-ring (bicyclic) bond motifs is 1. The molecule has 5 nitrogen and oxygen atoms in total. The maximum absolute atomic E-state index is 4.75. The van der Waals surface area contributed by atoms with E-state index in [1.165, 1.54) is 25.9 Å². The molecule has 0 bridgehead atoms. The molecule has 6 heteroatoms. The van der Waals surface area contributed by atoms with Gasteiger partial charge in [-0.25, -0.2) is 9.97 Å². The third-order valence-corrected chi connectivity index (χ3v) is 5.85. The molecule has 1 fully saturated rings. The van der Waals surface area contributed by atoms with Crippen molar-refractivity contribution in [2.75, 3.05) is 31.5 Å². The van der Waals surface area contributed by atoms with Gasteiger partial charge in [0, 0.05) is 12.7 Å². The van der Waals surface area contributed by atoms with E-state index in [0.717, 1.165) is 47.2 Å². The first kappa shape index (κ1) is 17.4. The van der Waals surface area contributed by atoms with E-state index in [0.29, 0.717) is 5.82 Å². The molecule has 0 spiro atoms. The second-order valence-electron chi connectivity index (χ2n) is 7.05. The summed E-state index contributed by atoms with van der Waals surface area (Å²) in [5.41, 5.74) is 0.813. The maximum atomic E-state index is 4.75. The molecule has 0 saturated carbocycles. The van der Waals surface area contributed by atoms with E-state index < -0.39 is 0 Å². The Bertz CT molecular complexity index is 840. The number of nitrogens with zero attached hydrogens (tertiary/aromatic N) is 4. The van der Waals surface area contributed by atoms with Crippen molar-refractivity contribution < 1.29 is 0 Å². The normalized spacial score (nSPS) is 16.2. The zero-order chi connectivity index (χ0) is 17.8. The lowest BCUT2D eigenvalue weighted by atomic mass is 9.99. The Morgan fingerprint density at radius 2 is 2.08 bits per heavy atom. The van der Waals surface area contributed by atoms with E-state index in [1.54, 1.807) is 17.5 Å². The van der Waals surface area contributed by atoms with Crippen molar-refractivity contribution in [3.63, 3.8) is 0 Å².